The largest absolute Gasteiger partial charge is 0.376 e. The molecule has 6 heteroatoms. The van der Waals surface area contributed by atoms with E-state index in [-0.39, 0.29) is 18.2 Å². The molecule has 0 bridgehead atoms. The van der Waals surface area contributed by atoms with Crippen LogP contribution in [0.3, 0.4) is 0 Å². The fourth-order valence-electron chi connectivity index (χ4n) is 1.99. The number of rotatable bonds is 4. The zero-order valence-corrected chi connectivity index (χ0v) is 11.5. The van der Waals surface area contributed by atoms with Crippen LogP contribution < -0.4 is 10.6 Å². The maximum atomic E-state index is 11.7. The molecule has 2 heterocycles. The highest BCUT2D eigenvalue weighted by atomic mass is 32.1. The van der Waals surface area contributed by atoms with E-state index < -0.39 is 0 Å². The lowest BCUT2D eigenvalue weighted by Gasteiger charge is -2.20. The van der Waals surface area contributed by atoms with Crippen molar-refractivity contribution < 1.29 is 9.53 Å². The first kappa shape index (κ1) is 13.3. The molecule has 0 saturated carbocycles. The van der Waals surface area contributed by atoms with Gasteiger partial charge in [-0.1, -0.05) is 0 Å². The summed E-state index contributed by atoms with van der Waals surface area (Å²) in [6.45, 7) is 5.20. The zero-order valence-electron chi connectivity index (χ0n) is 10.7. The van der Waals surface area contributed by atoms with Gasteiger partial charge < -0.3 is 15.4 Å². The first-order valence-corrected chi connectivity index (χ1v) is 7.10. The molecule has 1 aliphatic heterocycles. The number of carbonyl (C=O) groups is 1. The SMILES string of the molecule is Cc1csc(CNC(=O)N[C@@H](C)[C@@H]2CCCO2)n1. The number of hydrogen-bond donors (Lipinski definition) is 2. The number of urea groups is 1. The maximum Gasteiger partial charge on any atom is 0.315 e. The molecule has 2 atom stereocenters. The summed E-state index contributed by atoms with van der Waals surface area (Å²) in [5.41, 5.74) is 0.991. The molecule has 2 N–H and O–H groups in total. The highest BCUT2D eigenvalue weighted by Gasteiger charge is 2.23. The summed E-state index contributed by atoms with van der Waals surface area (Å²) in [6, 6.07) is -0.114. The highest BCUT2D eigenvalue weighted by molar-refractivity contribution is 7.09. The van der Waals surface area contributed by atoms with Gasteiger partial charge in [0.05, 0.1) is 18.7 Å². The monoisotopic (exact) mass is 269 g/mol. The average molecular weight is 269 g/mol. The van der Waals surface area contributed by atoms with Crippen molar-refractivity contribution in [2.45, 2.75) is 45.4 Å². The Bertz CT molecular complexity index is 402. The van der Waals surface area contributed by atoms with Gasteiger partial charge in [-0.2, -0.15) is 0 Å². The summed E-state index contributed by atoms with van der Waals surface area (Å²) in [6.07, 6.45) is 2.25. The van der Waals surface area contributed by atoms with Crippen molar-refractivity contribution in [3.05, 3.63) is 16.1 Å². The van der Waals surface area contributed by atoms with Crippen LogP contribution in [0.2, 0.25) is 0 Å². The quantitative estimate of drug-likeness (QED) is 0.876. The van der Waals surface area contributed by atoms with E-state index in [2.05, 4.69) is 15.6 Å². The number of amides is 2. The Morgan fingerprint density at radius 3 is 3.17 bits per heavy atom. The average Bonchev–Trinajstić information content (AvgIpc) is 2.97. The van der Waals surface area contributed by atoms with Gasteiger partial charge in [-0.05, 0) is 26.7 Å². The summed E-state index contributed by atoms with van der Waals surface area (Å²) < 4.78 is 5.53. The summed E-state index contributed by atoms with van der Waals surface area (Å²) in [5.74, 6) is 0. The lowest BCUT2D eigenvalue weighted by molar-refractivity contribution is 0.0860. The van der Waals surface area contributed by atoms with Gasteiger partial charge in [0.1, 0.15) is 5.01 Å². The van der Waals surface area contributed by atoms with Crippen molar-refractivity contribution >= 4 is 17.4 Å². The molecule has 100 valence electrons. The summed E-state index contributed by atoms with van der Waals surface area (Å²) in [4.78, 5) is 16.0. The molecule has 18 heavy (non-hydrogen) atoms. The van der Waals surface area contributed by atoms with Gasteiger partial charge in [0, 0.05) is 17.7 Å². The third-order valence-corrected chi connectivity index (χ3v) is 3.91. The van der Waals surface area contributed by atoms with E-state index in [9.17, 15) is 4.79 Å². The standard InChI is InChI=1S/C12H19N3O2S/c1-8-7-18-11(14-8)6-13-12(16)15-9(2)10-4-3-5-17-10/h7,9-10H,3-6H2,1-2H3,(H2,13,15,16)/t9-,10-/m0/s1. The van der Waals surface area contributed by atoms with Crippen LogP contribution in [0.1, 0.15) is 30.5 Å². The van der Waals surface area contributed by atoms with Gasteiger partial charge in [-0.3, -0.25) is 0 Å². The predicted molar refractivity (Wildman–Crippen MR) is 70.7 cm³/mol. The Balaban J connectivity index is 1.71. The molecule has 0 radical (unpaired) electrons. The minimum Gasteiger partial charge on any atom is -0.376 e. The summed E-state index contributed by atoms with van der Waals surface area (Å²) >= 11 is 1.56. The second-order valence-electron chi connectivity index (χ2n) is 4.55. The van der Waals surface area contributed by atoms with E-state index in [0.717, 1.165) is 30.2 Å². The molecule has 1 aliphatic rings. The number of aryl methyl sites for hydroxylation is 1. The molecule has 0 aromatic carbocycles. The second-order valence-corrected chi connectivity index (χ2v) is 5.49. The van der Waals surface area contributed by atoms with Gasteiger partial charge in [-0.25, -0.2) is 9.78 Å². The van der Waals surface area contributed by atoms with Crippen LogP contribution >= 0.6 is 11.3 Å². The van der Waals surface area contributed by atoms with E-state index in [4.69, 9.17) is 4.74 Å². The van der Waals surface area contributed by atoms with Gasteiger partial charge >= 0.3 is 6.03 Å². The Hall–Kier alpha value is -1.14. The molecule has 0 aliphatic carbocycles. The number of hydrogen-bond acceptors (Lipinski definition) is 4. The maximum absolute atomic E-state index is 11.7. The smallest absolute Gasteiger partial charge is 0.315 e. The number of aromatic nitrogens is 1. The molecule has 1 fully saturated rings. The molecule has 2 rings (SSSR count). The van der Waals surface area contributed by atoms with Crippen LogP contribution in [0.25, 0.3) is 0 Å². The van der Waals surface area contributed by atoms with E-state index in [1.165, 1.54) is 0 Å². The van der Waals surface area contributed by atoms with Gasteiger partial charge in [0.25, 0.3) is 0 Å². The first-order chi connectivity index (χ1) is 8.65. The summed E-state index contributed by atoms with van der Waals surface area (Å²) in [5, 5.41) is 8.61. The lowest BCUT2D eigenvalue weighted by atomic mass is 10.1. The molecular weight excluding hydrogens is 250 g/mol. The van der Waals surface area contributed by atoms with Crippen LogP contribution in [0, 0.1) is 6.92 Å². The Morgan fingerprint density at radius 1 is 1.72 bits per heavy atom. The predicted octanol–water partition coefficient (Wildman–Crippen LogP) is 1.82. The fraction of sp³-hybridized carbons (Fsp3) is 0.667. The van der Waals surface area contributed by atoms with Crippen LogP contribution in [0.5, 0.6) is 0 Å². The van der Waals surface area contributed by atoms with Crippen molar-refractivity contribution in [2.75, 3.05) is 6.61 Å². The van der Waals surface area contributed by atoms with Crippen LogP contribution in [-0.2, 0) is 11.3 Å². The number of ether oxygens (including phenoxy) is 1. The lowest BCUT2D eigenvalue weighted by Crippen LogP contribution is -2.45. The minimum absolute atomic E-state index is 0.0468. The van der Waals surface area contributed by atoms with Crippen molar-refractivity contribution in [2.24, 2.45) is 0 Å². The molecule has 1 aromatic rings. The third-order valence-electron chi connectivity index (χ3n) is 2.95. The van der Waals surface area contributed by atoms with E-state index in [1.807, 2.05) is 19.2 Å². The van der Waals surface area contributed by atoms with Crippen LogP contribution in [0.4, 0.5) is 4.79 Å². The third kappa shape index (κ3) is 3.68. The topological polar surface area (TPSA) is 63.2 Å². The molecule has 0 spiro atoms. The molecule has 1 saturated heterocycles. The first-order valence-electron chi connectivity index (χ1n) is 6.22. The van der Waals surface area contributed by atoms with Gasteiger partial charge in [0.2, 0.25) is 0 Å². The number of carbonyl (C=O) groups excluding carboxylic acids is 1. The van der Waals surface area contributed by atoms with Crippen LogP contribution in [-0.4, -0.2) is 29.8 Å². The van der Waals surface area contributed by atoms with Crippen molar-refractivity contribution in [3.8, 4) is 0 Å². The fourth-order valence-corrected chi connectivity index (χ4v) is 2.70. The van der Waals surface area contributed by atoms with Gasteiger partial charge in [0.15, 0.2) is 0 Å². The number of nitrogens with zero attached hydrogens (tertiary/aromatic N) is 1. The molecule has 0 unspecified atom stereocenters. The number of thiazole rings is 1. The van der Waals surface area contributed by atoms with Crippen molar-refractivity contribution in [1.29, 1.82) is 0 Å². The van der Waals surface area contributed by atoms with Crippen molar-refractivity contribution in [1.82, 2.24) is 15.6 Å². The van der Waals surface area contributed by atoms with E-state index in [0.29, 0.717) is 6.54 Å². The molecule has 5 nitrogen and oxygen atoms in total. The molecule has 2 amide bonds. The Morgan fingerprint density at radius 2 is 2.56 bits per heavy atom. The van der Waals surface area contributed by atoms with Gasteiger partial charge in [-0.15, -0.1) is 11.3 Å². The normalized spacial score (nSPS) is 20.7. The molecular formula is C12H19N3O2S. The second kappa shape index (κ2) is 6.15. The van der Waals surface area contributed by atoms with Crippen molar-refractivity contribution in [3.63, 3.8) is 0 Å². The molecule has 1 aromatic heterocycles. The van der Waals surface area contributed by atoms with E-state index in [1.54, 1.807) is 11.3 Å². The minimum atomic E-state index is -0.161. The Kier molecular flexibility index (Phi) is 4.54. The highest BCUT2D eigenvalue weighted by Crippen LogP contribution is 2.15. The zero-order chi connectivity index (χ0) is 13.0. The summed E-state index contributed by atoms with van der Waals surface area (Å²) in [7, 11) is 0. The Labute approximate surface area is 111 Å². The van der Waals surface area contributed by atoms with Crippen LogP contribution in [0.15, 0.2) is 5.38 Å². The van der Waals surface area contributed by atoms with E-state index >= 15 is 0 Å². The number of nitrogens with one attached hydrogen (secondary N) is 2.